The quantitative estimate of drug-likeness (QED) is 0.787. The molecular formula is C14H16ClNOS. The molecule has 0 fully saturated rings. The lowest BCUT2D eigenvalue weighted by Gasteiger charge is -2.11. The van der Waals surface area contributed by atoms with Crippen molar-refractivity contribution < 1.29 is 4.74 Å². The van der Waals surface area contributed by atoms with Crippen molar-refractivity contribution in [3.8, 4) is 5.75 Å². The number of thiazole rings is 1. The number of rotatable bonds is 4. The van der Waals surface area contributed by atoms with Gasteiger partial charge in [0, 0.05) is 11.8 Å². The van der Waals surface area contributed by atoms with E-state index in [0.29, 0.717) is 5.88 Å². The molecule has 0 amide bonds. The van der Waals surface area contributed by atoms with Gasteiger partial charge in [-0.05, 0) is 42.7 Å². The number of halogens is 1. The Hall–Kier alpha value is -1.06. The number of hydrogen-bond donors (Lipinski definition) is 0. The summed E-state index contributed by atoms with van der Waals surface area (Å²) < 4.78 is 5.27. The third-order valence-corrected chi connectivity index (χ3v) is 4.14. The number of aryl methyl sites for hydroxylation is 2. The first-order chi connectivity index (χ1) is 8.63. The largest absolute Gasteiger partial charge is 0.497 e. The second-order valence-corrected chi connectivity index (χ2v) is 5.49. The van der Waals surface area contributed by atoms with Gasteiger partial charge in [0.15, 0.2) is 0 Å². The van der Waals surface area contributed by atoms with E-state index in [4.69, 9.17) is 16.3 Å². The molecule has 0 bridgehead atoms. The lowest BCUT2D eigenvalue weighted by Crippen LogP contribution is -1.97. The molecule has 0 saturated heterocycles. The lowest BCUT2D eigenvalue weighted by atomic mass is 10.00. The average Bonchev–Trinajstić information content (AvgIpc) is 2.81. The van der Waals surface area contributed by atoms with Gasteiger partial charge in [0.1, 0.15) is 5.75 Å². The fraction of sp³-hybridized carbons (Fsp3) is 0.357. The van der Waals surface area contributed by atoms with E-state index in [1.165, 1.54) is 16.7 Å². The van der Waals surface area contributed by atoms with Crippen molar-refractivity contribution in [2.45, 2.75) is 26.1 Å². The van der Waals surface area contributed by atoms with Crippen LogP contribution in [0.25, 0.3) is 0 Å². The van der Waals surface area contributed by atoms with Gasteiger partial charge in [-0.25, -0.2) is 4.98 Å². The third kappa shape index (κ3) is 2.85. The highest BCUT2D eigenvalue weighted by atomic mass is 35.5. The second-order valence-electron chi connectivity index (χ2n) is 4.28. The molecule has 2 nitrogen and oxygen atoms in total. The molecule has 18 heavy (non-hydrogen) atoms. The smallest absolute Gasteiger partial charge is 0.119 e. The molecule has 0 aliphatic carbocycles. The van der Waals surface area contributed by atoms with E-state index < -0.39 is 0 Å². The molecule has 0 atom stereocenters. The van der Waals surface area contributed by atoms with Gasteiger partial charge < -0.3 is 4.74 Å². The van der Waals surface area contributed by atoms with Gasteiger partial charge in [0.2, 0.25) is 0 Å². The molecule has 2 rings (SSSR count). The Morgan fingerprint density at radius 1 is 1.28 bits per heavy atom. The van der Waals surface area contributed by atoms with Crippen LogP contribution in [-0.4, -0.2) is 12.1 Å². The first kappa shape index (κ1) is 13.4. The number of alkyl halides is 1. The van der Waals surface area contributed by atoms with Crippen LogP contribution in [0.4, 0.5) is 0 Å². The minimum Gasteiger partial charge on any atom is -0.497 e. The first-order valence-electron chi connectivity index (χ1n) is 5.77. The Morgan fingerprint density at radius 3 is 2.44 bits per heavy atom. The summed E-state index contributed by atoms with van der Waals surface area (Å²) in [7, 11) is 1.70. The Kier molecular flexibility index (Phi) is 4.25. The highest BCUT2D eigenvalue weighted by Gasteiger charge is 2.09. The minimum absolute atomic E-state index is 0.483. The van der Waals surface area contributed by atoms with Crippen molar-refractivity contribution in [2.75, 3.05) is 7.11 Å². The fourth-order valence-corrected chi connectivity index (χ4v) is 3.03. The number of hydrogen-bond acceptors (Lipinski definition) is 3. The molecule has 0 aliphatic heterocycles. The maximum atomic E-state index is 5.77. The summed E-state index contributed by atoms with van der Waals surface area (Å²) in [6, 6.07) is 4.14. The summed E-state index contributed by atoms with van der Waals surface area (Å²) in [4.78, 5) is 4.50. The first-order valence-corrected chi connectivity index (χ1v) is 7.18. The maximum Gasteiger partial charge on any atom is 0.119 e. The van der Waals surface area contributed by atoms with E-state index in [0.717, 1.165) is 22.9 Å². The zero-order valence-corrected chi connectivity index (χ0v) is 12.4. The number of ether oxygens (including phenoxy) is 1. The zero-order chi connectivity index (χ0) is 13.1. The molecule has 0 N–H and O–H groups in total. The Labute approximate surface area is 117 Å². The van der Waals surface area contributed by atoms with E-state index in [9.17, 15) is 0 Å². The summed E-state index contributed by atoms with van der Waals surface area (Å²) in [5.41, 5.74) is 4.77. The molecule has 1 aromatic heterocycles. The number of benzene rings is 1. The predicted molar refractivity (Wildman–Crippen MR) is 76.9 cm³/mol. The van der Waals surface area contributed by atoms with E-state index >= 15 is 0 Å². The van der Waals surface area contributed by atoms with Gasteiger partial charge in [-0.3, -0.25) is 0 Å². The zero-order valence-electron chi connectivity index (χ0n) is 10.8. The highest BCUT2D eigenvalue weighted by molar-refractivity contribution is 7.09. The van der Waals surface area contributed by atoms with Crippen LogP contribution in [0.15, 0.2) is 17.5 Å². The molecule has 0 unspecified atom stereocenters. The van der Waals surface area contributed by atoms with Crippen molar-refractivity contribution in [1.29, 1.82) is 0 Å². The molecule has 0 radical (unpaired) electrons. The Morgan fingerprint density at radius 2 is 1.94 bits per heavy atom. The summed E-state index contributed by atoms with van der Waals surface area (Å²) in [5, 5.41) is 3.14. The molecular weight excluding hydrogens is 266 g/mol. The molecule has 96 valence electrons. The predicted octanol–water partition coefficient (Wildman–Crippen LogP) is 4.10. The molecule has 0 saturated carbocycles. The van der Waals surface area contributed by atoms with Crippen LogP contribution in [0.5, 0.6) is 5.75 Å². The van der Waals surface area contributed by atoms with Crippen molar-refractivity contribution in [1.82, 2.24) is 4.98 Å². The van der Waals surface area contributed by atoms with E-state index in [1.54, 1.807) is 18.4 Å². The standard InChI is InChI=1S/C14H16ClNOS/c1-9-4-12(17-3)5-10(2)13(9)6-14-16-11(7-15)8-18-14/h4-5,8H,6-7H2,1-3H3. The second kappa shape index (κ2) is 5.72. The van der Waals surface area contributed by atoms with E-state index in [1.807, 2.05) is 5.38 Å². The number of nitrogens with zero attached hydrogens (tertiary/aromatic N) is 1. The number of aromatic nitrogens is 1. The molecule has 1 aromatic carbocycles. The van der Waals surface area contributed by atoms with Gasteiger partial charge in [0.05, 0.1) is 23.7 Å². The lowest BCUT2D eigenvalue weighted by molar-refractivity contribution is 0.414. The number of methoxy groups -OCH3 is 1. The van der Waals surface area contributed by atoms with E-state index in [-0.39, 0.29) is 0 Å². The molecule has 4 heteroatoms. The topological polar surface area (TPSA) is 22.1 Å². The van der Waals surface area contributed by atoms with Crippen LogP contribution in [0, 0.1) is 13.8 Å². The fourth-order valence-electron chi connectivity index (χ4n) is 1.99. The van der Waals surface area contributed by atoms with Gasteiger partial charge in [-0.1, -0.05) is 0 Å². The van der Waals surface area contributed by atoms with Gasteiger partial charge in [0.25, 0.3) is 0 Å². The molecule has 1 heterocycles. The minimum atomic E-state index is 0.483. The monoisotopic (exact) mass is 281 g/mol. The SMILES string of the molecule is COc1cc(C)c(Cc2nc(CCl)cs2)c(C)c1. The van der Waals surface area contributed by atoms with Crippen molar-refractivity contribution in [3.63, 3.8) is 0 Å². The molecule has 2 aromatic rings. The van der Waals surface area contributed by atoms with Crippen molar-refractivity contribution in [3.05, 3.63) is 44.9 Å². The van der Waals surface area contributed by atoms with Crippen LogP contribution in [0.3, 0.4) is 0 Å². The van der Waals surface area contributed by atoms with Crippen LogP contribution in [0.1, 0.15) is 27.4 Å². The van der Waals surface area contributed by atoms with Gasteiger partial charge >= 0.3 is 0 Å². The molecule has 0 aliphatic rings. The normalized spacial score (nSPS) is 10.7. The van der Waals surface area contributed by atoms with Crippen LogP contribution in [-0.2, 0) is 12.3 Å². The average molecular weight is 282 g/mol. The summed E-state index contributed by atoms with van der Waals surface area (Å²) in [5.74, 6) is 1.39. The Balaban J connectivity index is 2.28. The van der Waals surface area contributed by atoms with E-state index in [2.05, 4.69) is 31.0 Å². The highest BCUT2D eigenvalue weighted by Crippen LogP contribution is 2.25. The van der Waals surface area contributed by atoms with Crippen LogP contribution < -0.4 is 4.74 Å². The van der Waals surface area contributed by atoms with Crippen LogP contribution in [0.2, 0.25) is 0 Å². The van der Waals surface area contributed by atoms with Crippen molar-refractivity contribution >= 4 is 22.9 Å². The summed E-state index contributed by atoms with van der Waals surface area (Å²) >= 11 is 7.44. The van der Waals surface area contributed by atoms with Crippen LogP contribution >= 0.6 is 22.9 Å². The van der Waals surface area contributed by atoms with Gasteiger partial charge in [-0.15, -0.1) is 22.9 Å². The summed E-state index contributed by atoms with van der Waals surface area (Å²) in [6.07, 6.45) is 0.864. The third-order valence-electron chi connectivity index (χ3n) is 2.97. The molecule has 0 spiro atoms. The van der Waals surface area contributed by atoms with Gasteiger partial charge in [-0.2, -0.15) is 0 Å². The van der Waals surface area contributed by atoms with Crippen molar-refractivity contribution in [2.24, 2.45) is 0 Å². The Bertz CT molecular complexity index is 527. The maximum absolute atomic E-state index is 5.77. The summed E-state index contributed by atoms with van der Waals surface area (Å²) in [6.45, 7) is 4.22.